The fourth-order valence-corrected chi connectivity index (χ4v) is 3.24. The van der Waals surface area contributed by atoms with Crippen molar-refractivity contribution in [2.24, 2.45) is 0 Å². The molecule has 1 N–H and O–H groups in total. The molecule has 1 aromatic carbocycles. The van der Waals surface area contributed by atoms with Gasteiger partial charge in [-0.3, -0.25) is 4.79 Å². The van der Waals surface area contributed by atoms with Crippen LogP contribution in [0.4, 0.5) is 10.8 Å². The van der Waals surface area contributed by atoms with Gasteiger partial charge in [0, 0.05) is 17.9 Å². The molecule has 0 atom stereocenters. The maximum Gasteiger partial charge on any atom is 0.210 e. The number of Topliss-reactive ketones (excluding diaryl/α,β-unsaturated/α-hetero) is 1. The molecule has 0 radical (unpaired) electrons. The molecular formula is C13H15N3OS2. The van der Waals surface area contributed by atoms with Gasteiger partial charge in [-0.15, -0.1) is 10.2 Å². The van der Waals surface area contributed by atoms with E-state index in [1.54, 1.807) is 18.7 Å². The Morgan fingerprint density at radius 1 is 1.32 bits per heavy atom. The zero-order valence-corrected chi connectivity index (χ0v) is 12.5. The van der Waals surface area contributed by atoms with Gasteiger partial charge in [0.15, 0.2) is 4.34 Å². The summed E-state index contributed by atoms with van der Waals surface area (Å²) in [5, 5.41) is 12.2. The van der Waals surface area contributed by atoms with Crippen molar-refractivity contribution in [3.05, 3.63) is 29.8 Å². The van der Waals surface area contributed by atoms with E-state index in [0.717, 1.165) is 20.9 Å². The fraction of sp³-hybridized carbons (Fsp3) is 0.308. The molecule has 4 nitrogen and oxygen atoms in total. The number of nitrogens with one attached hydrogen (secondary N) is 1. The van der Waals surface area contributed by atoms with Crippen LogP contribution in [0.3, 0.4) is 0 Å². The number of thioether (sulfide) groups is 1. The zero-order chi connectivity index (χ0) is 13.7. The van der Waals surface area contributed by atoms with Crippen molar-refractivity contribution in [1.29, 1.82) is 0 Å². The highest BCUT2D eigenvalue weighted by Crippen LogP contribution is 2.28. The number of carbonyl (C=O) groups is 1. The minimum absolute atomic E-state index is 0.204. The Hall–Kier alpha value is -1.40. The summed E-state index contributed by atoms with van der Waals surface area (Å²) >= 11 is 3.07. The monoisotopic (exact) mass is 293 g/mol. The van der Waals surface area contributed by atoms with Crippen LogP contribution in [-0.4, -0.2) is 21.7 Å². The van der Waals surface area contributed by atoms with E-state index in [2.05, 4.69) is 22.4 Å². The Morgan fingerprint density at radius 3 is 2.74 bits per heavy atom. The highest BCUT2D eigenvalue weighted by Gasteiger charge is 2.05. The molecule has 0 amide bonds. The second-order valence-electron chi connectivity index (χ2n) is 4.16. The molecule has 1 heterocycles. The first-order chi connectivity index (χ1) is 9.13. The predicted octanol–water partition coefficient (Wildman–Crippen LogP) is 3.66. The highest BCUT2D eigenvalue weighted by atomic mass is 32.2. The first kappa shape index (κ1) is 14.0. The van der Waals surface area contributed by atoms with Crippen molar-refractivity contribution in [3.8, 4) is 0 Å². The van der Waals surface area contributed by atoms with E-state index in [1.165, 1.54) is 16.9 Å². The number of rotatable bonds is 6. The molecule has 0 aliphatic rings. The summed E-state index contributed by atoms with van der Waals surface area (Å²) in [6.07, 6.45) is 0.574. The molecule has 19 heavy (non-hydrogen) atoms. The molecule has 0 unspecified atom stereocenters. The van der Waals surface area contributed by atoms with E-state index >= 15 is 0 Å². The Kier molecular flexibility index (Phi) is 4.93. The van der Waals surface area contributed by atoms with Crippen molar-refractivity contribution in [2.75, 3.05) is 11.1 Å². The number of hydrogen-bond acceptors (Lipinski definition) is 6. The van der Waals surface area contributed by atoms with Crippen LogP contribution >= 0.6 is 23.1 Å². The predicted molar refractivity (Wildman–Crippen MR) is 80.4 cm³/mol. The van der Waals surface area contributed by atoms with Gasteiger partial charge in [0.1, 0.15) is 5.78 Å². The lowest BCUT2D eigenvalue weighted by Crippen LogP contribution is -1.91. The molecule has 1 aromatic heterocycles. The van der Waals surface area contributed by atoms with Crippen molar-refractivity contribution < 1.29 is 4.79 Å². The van der Waals surface area contributed by atoms with Crippen LogP contribution in [0.1, 0.15) is 18.9 Å². The summed E-state index contributed by atoms with van der Waals surface area (Å²) < 4.78 is 0.885. The lowest BCUT2D eigenvalue weighted by molar-refractivity contribution is -0.116. The van der Waals surface area contributed by atoms with E-state index in [0.29, 0.717) is 6.42 Å². The maximum atomic E-state index is 10.8. The minimum atomic E-state index is 0.204. The molecule has 6 heteroatoms. The van der Waals surface area contributed by atoms with E-state index in [1.807, 2.05) is 24.3 Å². The first-order valence-corrected chi connectivity index (χ1v) is 7.73. The summed E-state index contributed by atoms with van der Waals surface area (Å²) in [5.41, 5.74) is 2.23. The Bertz CT molecular complexity index is 551. The second-order valence-corrected chi connectivity index (χ2v) is 6.48. The van der Waals surface area contributed by atoms with Crippen LogP contribution in [0.25, 0.3) is 0 Å². The number of hydrogen-bond donors (Lipinski definition) is 1. The third-order valence-corrected chi connectivity index (χ3v) is 4.36. The van der Waals surface area contributed by atoms with Crippen molar-refractivity contribution in [2.45, 2.75) is 24.6 Å². The average Bonchev–Trinajstić information content (AvgIpc) is 2.79. The van der Waals surface area contributed by atoms with Gasteiger partial charge in [-0.05, 0) is 26.0 Å². The number of aryl methyl sites for hydroxylation is 1. The third kappa shape index (κ3) is 4.65. The number of ketones is 1. The minimum Gasteiger partial charge on any atom is -0.330 e. The summed E-state index contributed by atoms with van der Waals surface area (Å²) in [6.45, 7) is 3.66. The van der Waals surface area contributed by atoms with Gasteiger partial charge >= 0.3 is 0 Å². The topological polar surface area (TPSA) is 54.9 Å². The first-order valence-electron chi connectivity index (χ1n) is 5.93. The Morgan fingerprint density at radius 2 is 2.05 bits per heavy atom. The molecule has 2 aromatic rings. The largest absolute Gasteiger partial charge is 0.330 e. The molecule has 0 saturated carbocycles. The molecule has 0 aliphatic heterocycles. The van der Waals surface area contributed by atoms with Crippen LogP contribution in [0.2, 0.25) is 0 Å². The van der Waals surface area contributed by atoms with Crippen LogP contribution in [0, 0.1) is 6.92 Å². The highest BCUT2D eigenvalue weighted by molar-refractivity contribution is 8.01. The lowest BCUT2D eigenvalue weighted by atomic mass is 10.2. The fourth-order valence-electron chi connectivity index (χ4n) is 1.36. The van der Waals surface area contributed by atoms with Crippen molar-refractivity contribution in [1.82, 2.24) is 10.2 Å². The molecular weight excluding hydrogens is 278 g/mol. The molecule has 0 aliphatic carbocycles. The van der Waals surface area contributed by atoms with E-state index in [9.17, 15) is 4.79 Å². The molecule has 0 saturated heterocycles. The summed E-state index contributed by atoms with van der Waals surface area (Å²) in [6, 6.07) is 8.12. The molecule has 2 rings (SSSR count). The van der Waals surface area contributed by atoms with Gasteiger partial charge in [-0.2, -0.15) is 0 Å². The lowest BCUT2D eigenvalue weighted by Gasteiger charge is -2.01. The second kappa shape index (κ2) is 6.68. The van der Waals surface area contributed by atoms with Crippen molar-refractivity contribution >= 4 is 39.7 Å². The van der Waals surface area contributed by atoms with Gasteiger partial charge < -0.3 is 5.32 Å². The average molecular weight is 293 g/mol. The van der Waals surface area contributed by atoms with E-state index < -0.39 is 0 Å². The van der Waals surface area contributed by atoms with Crippen LogP contribution in [-0.2, 0) is 4.79 Å². The Balaban J connectivity index is 1.90. The van der Waals surface area contributed by atoms with Gasteiger partial charge in [-0.25, -0.2) is 0 Å². The summed E-state index contributed by atoms with van der Waals surface area (Å²) in [5.74, 6) is 0.962. The quantitative estimate of drug-likeness (QED) is 0.824. The van der Waals surface area contributed by atoms with E-state index in [-0.39, 0.29) is 5.78 Å². The molecule has 0 spiro atoms. The summed E-state index contributed by atoms with van der Waals surface area (Å²) in [7, 11) is 0. The number of nitrogens with zero attached hydrogens (tertiary/aromatic N) is 2. The molecule has 0 fully saturated rings. The standard InChI is InChI=1S/C13H15N3OS2/c1-9-3-5-11(6-4-9)14-12-15-16-13(19-12)18-8-7-10(2)17/h3-6H,7-8H2,1-2H3,(H,14,15). The van der Waals surface area contributed by atoms with E-state index in [4.69, 9.17) is 0 Å². The number of aromatic nitrogens is 2. The molecule has 0 bridgehead atoms. The number of benzene rings is 1. The van der Waals surface area contributed by atoms with Gasteiger partial charge in [0.05, 0.1) is 0 Å². The summed E-state index contributed by atoms with van der Waals surface area (Å²) in [4.78, 5) is 10.8. The molecule has 100 valence electrons. The zero-order valence-electron chi connectivity index (χ0n) is 10.8. The van der Waals surface area contributed by atoms with Crippen molar-refractivity contribution in [3.63, 3.8) is 0 Å². The Labute approximate surface area is 120 Å². The van der Waals surface area contributed by atoms with Gasteiger partial charge in [0.2, 0.25) is 5.13 Å². The van der Waals surface area contributed by atoms with Gasteiger partial charge in [-0.1, -0.05) is 40.8 Å². The normalized spacial score (nSPS) is 10.4. The van der Waals surface area contributed by atoms with Crippen LogP contribution < -0.4 is 5.32 Å². The third-order valence-electron chi connectivity index (χ3n) is 2.39. The SMILES string of the molecule is CC(=O)CCSc1nnc(Nc2ccc(C)cc2)s1. The number of carbonyl (C=O) groups excluding carboxylic acids is 1. The van der Waals surface area contributed by atoms with Crippen LogP contribution in [0.5, 0.6) is 0 Å². The van der Waals surface area contributed by atoms with Gasteiger partial charge in [0.25, 0.3) is 0 Å². The smallest absolute Gasteiger partial charge is 0.210 e. The number of anilines is 2. The van der Waals surface area contributed by atoms with Crippen LogP contribution in [0.15, 0.2) is 28.6 Å². The maximum absolute atomic E-state index is 10.8.